The molecule has 1 aliphatic heterocycles. The van der Waals surface area contributed by atoms with Crippen LogP contribution >= 0.6 is 0 Å². The Labute approximate surface area is 146 Å². The number of rotatable bonds is 3. The number of anilines is 1. The Hall–Kier alpha value is -3.29. The number of hydrogen-bond donors (Lipinski definition) is 3. The highest BCUT2D eigenvalue weighted by Crippen LogP contribution is 2.30. The van der Waals surface area contributed by atoms with Crippen LogP contribution in [0.2, 0.25) is 0 Å². The van der Waals surface area contributed by atoms with Gasteiger partial charge >= 0.3 is 0 Å². The minimum absolute atomic E-state index is 0.0253. The number of fused-ring (bicyclic) bond motifs is 1. The Kier molecular flexibility index (Phi) is 3.87. The second-order valence-corrected chi connectivity index (χ2v) is 6.11. The highest BCUT2D eigenvalue weighted by atomic mass is 19.1. The Bertz CT molecular complexity index is 1030. The van der Waals surface area contributed by atoms with E-state index in [1.165, 1.54) is 24.3 Å². The topological polar surface area (TPSA) is 86.9 Å². The van der Waals surface area contributed by atoms with Crippen molar-refractivity contribution in [1.29, 1.82) is 0 Å². The van der Waals surface area contributed by atoms with Crippen LogP contribution in [0.3, 0.4) is 0 Å². The summed E-state index contributed by atoms with van der Waals surface area (Å²) in [6.07, 6.45) is 0.639. The van der Waals surface area contributed by atoms with Gasteiger partial charge in [0, 0.05) is 23.4 Å². The smallest absolute Gasteiger partial charge is 0.247 e. The van der Waals surface area contributed by atoms with Gasteiger partial charge in [-0.1, -0.05) is 12.1 Å². The van der Waals surface area contributed by atoms with Crippen molar-refractivity contribution in [3.05, 3.63) is 48.0 Å². The maximum atomic E-state index is 14.3. The maximum absolute atomic E-state index is 14.3. The summed E-state index contributed by atoms with van der Waals surface area (Å²) in [4.78, 5) is 23.5. The number of carbonyl (C=O) groups is 2. The molecule has 6 nitrogen and oxygen atoms in total. The first-order valence-electron chi connectivity index (χ1n) is 8.05. The fourth-order valence-corrected chi connectivity index (χ4v) is 3.02. The molecule has 0 spiro atoms. The van der Waals surface area contributed by atoms with Crippen molar-refractivity contribution in [2.24, 2.45) is 0 Å². The maximum Gasteiger partial charge on any atom is 0.247 e. The van der Waals surface area contributed by atoms with Crippen LogP contribution in [-0.2, 0) is 9.59 Å². The zero-order valence-corrected chi connectivity index (χ0v) is 13.5. The molecule has 3 aromatic rings. The van der Waals surface area contributed by atoms with Gasteiger partial charge in [-0.2, -0.15) is 5.10 Å². The number of carbonyl (C=O) groups excluding carboxylic acids is 2. The number of benzene rings is 2. The Morgan fingerprint density at radius 3 is 2.81 bits per heavy atom. The first-order valence-corrected chi connectivity index (χ1v) is 8.05. The minimum atomic E-state index is -0.676. The number of amides is 2. The Morgan fingerprint density at radius 2 is 2.08 bits per heavy atom. The lowest BCUT2D eigenvalue weighted by atomic mass is 10.1. The molecule has 0 aliphatic carbocycles. The van der Waals surface area contributed by atoms with Crippen LogP contribution in [0.1, 0.15) is 12.8 Å². The number of nitrogens with zero attached hydrogens (tertiary/aromatic N) is 1. The van der Waals surface area contributed by atoms with Gasteiger partial charge in [0.05, 0.1) is 11.2 Å². The third-order valence-corrected chi connectivity index (χ3v) is 4.32. The van der Waals surface area contributed by atoms with E-state index in [0.717, 1.165) is 0 Å². The van der Waals surface area contributed by atoms with Crippen LogP contribution in [0.4, 0.5) is 14.5 Å². The van der Waals surface area contributed by atoms with E-state index in [0.29, 0.717) is 28.6 Å². The summed E-state index contributed by atoms with van der Waals surface area (Å²) in [6.45, 7) is 0. The molecule has 2 amide bonds. The second-order valence-electron chi connectivity index (χ2n) is 6.11. The highest BCUT2D eigenvalue weighted by molar-refractivity contribution is 6.02. The van der Waals surface area contributed by atoms with Crippen molar-refractivity contribution in [2.45, 2.75) is 18.9 Å². The van der Waals surface area contributed by atoms with Crippen molar-refractivity contribution in [1.82, 2.24) is 15.5 Å². The lowest BCUT2D eigenvalue weighted by Crippen LogP contribution is -2.37. The zero-order chi connectivity index (χ0) is 18.3. The van der Waals surface area contributed by atoms with Crippen LogP contribution in [0.25, 0.3) is 22.2 Å². The van der Waals surface area contributed by atoms with Crippen molar-refractivity contribution >= 4 is 28.4 Å². The Balaban J connectivity index is 1.69. The summed E-state index contributed by atoms with van der Waals surface area (Å²) in [5.74, 6) is -1.73. The third-order valence-electron chi connectivity index (χ3n) is 4.32. The molecule has 1 aromatic heterocycles. The number of hydrogen-bond acceptors (Lipinski definition) is 3. The van der Waals surface area contributed by atoms with E-state index in [-0.39, 0.29) is 18.0 Å². The molecule has 3 N–H and O–H groups in total. The van der Waals surface area contributed by atoms with Crippen LogP contribution in [-0.4, -0.2) is 28.1 Å². The lowest BCUT2D eigenvalue weighted by molar-refractivity contribution is -0.122. The lowest BCUT2D eigenvalue weighted by Gasteiger charge is -2.12. The summed E-state index contributed by atoms with van der Waals surface area (Å²) in [6, 6.07) is 7.88. The van der Waals surface area contributed by atoms with E-state index >= 15 is 0 Å². The molecule has 1 aliphatic rings. The van der Waals surface area contributed by atoms with Gasteiger partial charge in [-0.3, -0.25) is 14.7 Å². The SMILES string of the molecule is O=C1CC[C@H](C(=O)Nc2cc3c(-c4cccc(F)c4)n[nH]c3cc2F)N1. The van der Waals surface area contributed by atoms with Gasteiger partial charge in [0.2, 0.25) is 11.8 Å². The first-order chi connectivity index (χ1) is 12.5. The van der Waals surface area contributed by atoms with Gasteiger partial charge in [0.1, 0.15) is 23.4 Å². The number of nitrogens with one attached hydrogen (secondary N) is 3. The molecule has 1 atom stereocenters. The van der Waals surface area contributed by atoms with Crippen LogP contribution < -0.4 is 10.6 Å². The minimum Gasteiger partial charge on any atom is -0.344 e. The largest absolute Gasteiger partial charge is 0.344 e. The van der Waals surface area contributed by atoms with Crippen LogP contribution in [0.5, 0.6) is 0 Å². The average Bonchev–Trinajstić information content (AvgIpc) is 3.21. The normalized spacial score (nSPS) is 16.7. The molecule has 0 bridgehead atoms. The molecule has 2 aromatic carbocycles. The molecule has 2 heterocycles. The second kappa shape index (κ2) is 6.21. The van der Waals surface area contributed by atoms with Gasteiger partial charge in [-0.05, 0) is 24.6 Å². The van der Waals surface area contributed by atoms with E-state index in [9.17, 15) is 18.4 Å². The summed E-state index contributed by atoms with van der Waals surface area (Å²) >= 11 is 0. The van der Waals surface area contributed by atoms with Gasteiger partial charge in [-0.15, -0.1) is 0 Å². The van der Waals surface area contributed by atoms with Crippen LogP contribution in [0, 0.1) is 11.6 Å². The highest BCUT2D eigenvalue weighted by Gasteiger charge is 2.27. The third kappa shape index (κ3) is 2.90. The van der Waals surface area contributed by atoms with Gasteiger partial charge in [0.25, 0.3) is 0 Å². The van der Waals surface area contributed by atoms with Crippen LogP contribution in [0.15, 0.2) is 36.4 Å². The Morgan fingerprint density at radius 1 is 1.23 bits per heavy atom. The van der Waals surface area contributed by atoms with Crippen molar-refractivity contribution in [3.8, 4) is 11.3 Å². The number of aromatic nitrogens is 2. The molecule has 0 radical (unpaired) electrons. The monoisotopic (exact) mass is 356 g/mol. The fraction of sp³-hybridized carbons (Fsp3) is 0.167. The number of halogens is 2. The fourth-order valence-electron chi connectivity index (χ4n) is 3.02. The van der Waals surface area contributed by atoms with E-state index in [4.69, 9.17) is 0 Å². The van der Waals surface area contributed by atoms with Crippen molar-refractivity contribution < 1.29 is 18.4 Å². The molecule has 8 heteroatoms. The van der Waals surface area contributed by atoms with Gasteiger partial charge in [0.15, 0.2) is 0 Å². The number of aromatic amines is 1. The summed E-state index contributed by atoms with van der Waals surface area (Å²) in [7, 11) is 0. The zero-order valence-electron chi connectivity index (χ0n) is 13.5. The molecular weight excluding hydrogens is 342 g/mol. The molecule has 26 heavy (non-hydrogen) atoms. The quantitative estimate of drug-likeness (QED) is 0.674. The molecule has 0 saturated carbocycles. The van der Waals surface area contributed by atoms with Crippen molar-refractivity contribution in [2.75, 3.05) is 5.32 Å². The molecule has 4 rings (SSSR count). The van der Waals surface area contributed by atoms with E-state index < -0.39 is 23.6 Å². The van der Waals surface area contributed by atoms with E-state index in [2.05, 4.69) is 20.8 Å². The van der Waals surface area contributed by atoms with Gasteiger partial charge in [-0.25, -0.2) is 8.78 Å². The van der Waals surface area contributed by atoms with E-state index in [1.807, 2.05) is 0 Å². The molecule has 1 fully saturated rings. The first kappa shape index (κ1) is 16.2. The molecule has 0 unspecified atom stereocenters. The number of H-pyrrole nitrogens is 1. The summed E-state index contributed by atoms with van der Waals surface area (Å²) in [5, 5.41) is 12.4. The van der Waals surface area contributed by atoms with E-state index in [1.54, 1.807) is 12.1 Å². The standard InChI is InChI=1S/C18H14F2N4O2/c19-10-3-1-2-9(6-10)17-11-7-15(12(20)8-14(11)23-24-17)22-18(26)13-4-5-16(25)21-13/h1-3,6-8,13H,4-5H2,(H,21,25)(H,22,26)(H,23,24)/t13-/m1/s1. The van der Waals surface area contributed by atoms with Gasteiger partial charge < -0.3 is 10.6 Å². The average molecular weight is 356 g/mol. The summed E-state index contributed by atoms with van der Waals surface area (Å²) in [5.41, 5.74) is 1.38. The summed E-state index contributed by atoms with van der Waals surface area (Å²) < 4.78 is 27.8. The predicted molar refractivity (Wildman–Crippen MR) is 91.2 cm³/mol. The molecule has 1 saturated heterocycles. The molecular formula is C18H14F2N4O2. The predicted octanol–water partition coefficient (Wildman–Crippen LogP) is 2.73. The molecule has 132 valence electrons. The van der Waals surface area contributed by atoms with Crippen molar-refractivity contribution in [3.63, 3.8) is 0 Å².